The largest absolute Gasteiger partial charge is 0.333 e. The average molecular weight is 264 g/mol. The minimum atomic E-state index is 1.01. The van der Waals surface area contributed by atoms with E-state index in [0.29, 0.717) is 0 Å². The van der Waals surface area contributed by atoms with Crippen LogP contribution in [0.15, 0.2) is 29.4 Å². The first-order chi connectivity index (χ1) is 8.75. The van der Waals surface area contributed by atoms with Gasteiger partial charge in [-0.3, -0.25) is 0 Å². The first-order valence-electron chi connectivity index (χ1n) is 6.19. The van der Waals surface area contributed by atoms with Crippen molar-refractivity contribution in [1.82, 2.24) is 20.2 Å². The Morgan fingerprint density at radius 3 is 2.89 bits per heavy atom. The Hall–Kier alpha value is -1.04. The van der Waals surface area contributed by atoms with Crippen molar-refractivity contribution >= 4 is 22.8 Å². The van der Waals surface area contributed by atoms with Gasteiger partial charge in [0.15, 0.2) is 5.16 Å². The third-order valence-corrected chi connectivity index (χ3v) is 3.50. The van der Waals surface area contributed by atoms with Crippen molar-refractivity contribution in [1.29, 1.82) is 0 Å². The third kappa shape index (κ3) is 4.01. The van der Waals surface area contributed by atoms with Crippen LogP contribution in [0, 0.1) is 0 Å². The summed E-state index contributed by atoms with van der Waals surface area (Å²) in [6.07, 6.45) is 0. The van der Waals surface area contributed by atoms with Crippen LogP contribution in [0.3, 0.4) is 0 Å². The maximum atomic E-state index is 4.53. The lowest BCUT2D eigenvalue weighted by atomic mass is 10.3. The average Bonchev–Trinajstić information content (AvgIpc) is 2.75. The van der Waals surface area contributed by atoms with Crippen LogP contribution in [-0.4, -0.2) is 54.4 Å². The quantitative estimate of drug-likeness (QED) is 0.591. The molecule has 0 aliphatic heterocycles. The second-order valence-corrected chi connectivity index (χ2v) is 5.54. The molecule has 0 bridgehead atoms. The van der Waals surface area contributed by atoms with Crippen molar-refractivity contribution in [3.05, 3.63) is 24.3 Å². The molecule has 4 nitrogen and oxygen atoms in total. The van der Waals surface area contributed by atoms with Crippen LogP contribution in [0.25, 0.3) is 11.0 Å². The molecule has 5 heteroatoms. The van der Waals surface area contributed by atoms with Crippen molar-refractivity contribution in [2.45, 2.75) is 5.16 Å². The van der Waals surface area contributed by atoms with Crippen LogP contribution in [-0.2, 0) is 0 Å². The van der Waals surface area contributed by atoms with Gasteiger partial charge in [-0.2, -0.15) is 0 Å². The molecule has 2 aromatic rings. The van der Waals surface area contributed by atoms with Crippen LogP contribution < -0.4 is 5.32 Å². The monoisotopic (exact) mass is 264 g/mol. The summed E-state index contributed by atoms with van der Waals surface area (Å²) in [6, 6.07) is 8.13. The van der Waals surface area contributed by atoms with Crippen molar-refractivity contribution in [2.75, 3.05) is 39.5 Å². The molecule has 0 amide bonds. The molecule has 0 saturated heterocycles. The predicted octanol–water partition coefficient (Wildman–Crippen LogP) is 1.81. The summed E-state index contributed by atoms with van der Waals surface area (Å²) < 4.78 is 0. The zero-order valence-electron chi connectivity index (χ0n) is 10.9. The number of aromatic nitrogens is 2. The maximum Gasteiger partial charge on any atom is 0.166 e. The normalized spacial score (nSPS) is 11.5. The van der Waals surface area contributed by atoms with Gasteiger partial charge in [-0.15, -0.1) is 0 Å². The number of hydrogen-bond donors (Lipinski definition) is 2. The number of imidazole rings is 1. The number of fused-ring (bicyclic) bond motifs is 1. The molecular formula is C13H20N4S. The molecule has 98 valence electrons. The van der Waals surface area contributed by atoms with E-state index in [4.69, 9.17) is 0 Å². The Kier molecular flexibility index (Phi) is 5.04. The highest BCUT2D eigenvalue weighted by atomic mass is 32.2. The summed E-state index contributed by atoms with van der Waals surface area (Å²) in [5.41, 5.74) is 2.15. The molecule has 0 saturated carbocycles. The predicted molar refractivity (Wildman–Crippen MR) is 78.2 cm³/mol. The van der Waals surface area contributed by atoms with Crippen LogP contribution in [0.5, 0.6) is 0 Å². The van der Waals surface area contributed by atoms with Gasteiger partial charge in [0, 0.05) is 25.4 Å². The zero-order valence-corrected chi connectivity index (χ0v) is 11.8. The van der Waals surface area contributed by atoms with Crippen LogP contribution in [0.2, 0.25) is 0 Å². The number of rotatable bonds is 7. The lowest BCUT2D eigenvalue weighted by Crippen LogP contribution is -2.27. The highest BCUT2D eigenvalue weighted by molar-refractivity contribution is 7.99. The molecule has 0 fully saturated rings. The van der Waals surface area contributed by atoms with Crippen molar-refractivity contribution in [3.63, 3.8) is 0 Å². The van der Waals surface area contributed by atoms with E-state index in [1.807, 2.05) is 18.2 Å². The molecule has 0 aliphatic rings. The van der Waals surface area contributed by atoms with E-state index >= 15 is 0 Å². The van der Waals surface area contributed by atoms with Gasteiger partial charge in [-0.05, 0) is 26.2 Å². The van der Waals surface area contributed by atoms with Gasteiger partial charge in [-0.1, -0.05) is 23.9 Å². The summed E-state index contributed by atoms with van der Waals surface area (Å²) in [6.45, 7) is 3.12. The number of hydrogen-bond acceptors (Lipinski definition) is 4. The van der Waals surface area contributed by atoms with Crippen LogP contribution >= 0.6 is 11.8 Å². The summed E-state index contributed by atoms with van der Waals surface area (Å²) in [5, 5.41) is 4.42. The van der Waals surface area contributed by atoms with E-state index in [1.54, 1.807) is 11.8 Å². The van der Waals surface area contributed by atoms with Crippen molar-refractivity contribution in [3.8, 4) is 0 Å². The molecule has 0 spiro atoms. The Morgan fingerprint density at radius 1 is 1.28 bits per heavy atom. The maximum absolute atomic E-state index is 4.53. The lowest BCUT2D eigenvalue weighted by molar-refractivity contribution is 0.403. The topological polar surface area (TPSA) is 44.0 Å². The summed E-state index contributed by atoms with van der Waals surface area (Å²) in [7, 11) is 4.18. The van der Waals surface area contributed by atoms with Gasteiger partial charge in [0.2, 0.25) is 0 Å². The summed E-state index contributed by atoms with van der Waals surface area (Å²) in [5.74, 6) is 1.03. The molecule has 0 atom stereocenters. The van der Waals surface area contributed by atoms with E-state index in [0.717, 1.165) is 41.6 Å². The Labute approximate surface area is 112 Å². The number of H-pyrrole nitrogens is 1. The van der Waals surface area contributed by atoms with Gasteiger partial charge in [0.05, 0.1) is 11.0 Å². The lowest BCUT2D eigenvalue weighted by Gasteiger charge is -2.09. The minimum Gasteiger partial charge on any atom is -0.333 e. The van der Waals surface area contributed by atoms with E-state index in [1.165, 1.54) is 0 Å². The molecule has 1 aromatic heterocycles. The molecule has 18 heavy (non-hydrogen) atoms. The van der Waals surface area contributed by atoms with Crippen LogP contribution in [0.4, 0.5) is 0 Å². The number of likely N-dealkylation sites (N-methyl/N-ethyl adjacent to an activating group) is 1. The molecule has 0 aliphatic carbocycles. The fraction of sp³-hybridized carbons (Fsp3) is 0.462. The molecule has 1 heterocycles. The second kappa shape index (κ2) is 6.78. The molecule has 0 radical (unpaired) electrons. The highest BCUT2D eigenvalue weighted by Gasteiger charge is 2.01. The second-order valence-electron chi connectivity index (χ2n) is 4.46. The van der Waals surface area contributed by atoms with Crippen molar-refractivity contribution < 1.29 is 0 Å². The Bertz CT molecular complexity index is 448. The van der Waals surface area contributed by atoms with Crippen LogP contribution in [0.1, 0.15) is 0 Å². The standard InChI is InChI=1S/C13H20N4S/c1-17(2)9-7-14-8-10-18-13-15-11-5-3-4-6-12(11)16-13/h3-6,14H,7-10H2,1-2H3,(H,15,16). The van der Waals surface area contributed by atoms with Gasteiger partial charge in [-0.25, -0.2) is 4.98 Å². The number of nitrogens with zero attached hydrogens (tertiary/aromatic N) is 2. The summed E-state index contributed by atoms with van der Waals surface area (Å²) >= 11 is 1.76. The third-order valence-electron chi connectivity index (χ3n) is 2.62. The van der Waals surface area contributed by atoms with E-state index in [9.17, 15) is 0 Å². The molecular weight excluding hydrogens is 244 g/mol. The number of aromatic amines is 1. The fourth-order valence-electron chi connectivity index (χ4n) is 1.65. The Morgan fingerprint density at radius 2 is 2.11 bits per heavy atom. The van der Waals surface area contributed by atoms with Gasteiger partial charge < -0.3 is 15.2 Å². The number of thioether (sulfide) groups is 1. The van der Waals surface area contributed by atoms with Gasteiger partial charge in [0.1, 0.15) is 0 Å². The van der Waals surface area contributed by atoms with E-state index in [-0.39, 0.29) is 0 Å². The zero-order chi connectivity index (χ0) is 12.8. The molecule has 2 rings (SSSR count). The van der Waals surface area contributed by atoms with E-state index in [2.05, 4.69) is 40.3 Å². The molecule has 2 N–H and O–H groups in total. The van der Waals surface area contributed by atoms with Gasteiger partial charge >= 0.3 is 0 Å². The summed E-state index contributed by atoms with van der Waals surface area (Å²) in [4.78, 5) is 10.0. The molecule has 0 unspecified atom stereocenters. The first kappa shape index (κ1) is 13.4. The van der Waals surface area contributed by atoms with Gasteiger partial charge in [0.25, 0.3) is 0 Å². The van der Waals surface area contributed by atoms with Crippen molar-refractivity contribution in [2.24, 2.45) is 0 Å². The smallest absolute Gasteiger partial charge is 0.166 e. The molecule has 1 aromatic carbocycles. The number of benzene rings is 1. The first-order valence-corrected chi connectivity index (χ1v) is 7.17. The van der Waals surface area contributed by atoms with E-state index < -0.39 is 0 Å². The number of para-hydroxylation sites is 2. The number of nitrogens with one attached hydrogen (secondary N) is 2. The Balaban J connectivity index is 1.70. The minimum absolute atomic E-state index is 1.01. The fourth-order valence-corrected chi connectivity index (χ4v) is 2.43. The SMILES string of the molecule is CN(C)CCNCCSc1nc2ccccc2[nH]1. The highest BCUT2D eigenvalue weighted by Crippen LogP contribution is 2.18.